The van der Waals surface area contributed by atoms with Gasteiger partial charge < -0.3 is 14.6 Å². The summed E-state index contributed by atoms with van der Waals surface area (Å²) < 4.78 is 12.7. The van der Waals surface area contributed by atoms with Gasteiger partial charge in [-0.05, 0) is 89.6 Å². The van der Waals surface area contributed by atoms with Crippen molar-refractivity contribution in [3.8, 4) is 11.5 Å². The Labute approximate surface area is 288 Å². The second-order valence-electron chi connectivity index (χ2n) is 12.5. The van der Waals surface area contributed by atoms with Gasteiger partial charge in [-0.1, -0.05) is 66.2 Å². The topological polar surface area (TPSA) is 119 Å². The van der Waals surface area contributed by atoms with Gasteiger partial charge in [0.25, 0.3) is 5.69 Å². The molecule has 4 aromatic rings. The molecule has 4 atom stereocenters. The third-order valence-electron chi connectivity index (χ3n) is 9.60. The van der Waals surface area contributed by atoms with E-state index in [9.17, 15) is 24.8 Å². The quantitative estimate of drug-likeness (QED) is 0.0597. The first-order valence-electron chi connectivity index (χ1n) is 16.2. The summed E-state index contributed by atoms with van der Waals surface area (Å²) in [5.41, 5.74) is 4.76. The second-order valence-corrected chi connectivity index (χ2v) is 12.9. The van der Waals surface area contributed by atoms with Crippen LogP contribution in [0, 0.1) is 27.9 Å². The van der Waals surface area contributed by atoms with Gasteiger partial charge in [0.2, 0.25) is 11.8 Å². The van der Waals surface area contributed by atoms with Crippen LogP contribution in [0.15, 0.2) is 114 Å². The Bertz CT molecular complexity index is 1980. The molecular weight excluding hydrogens is 644 g/mol. The van der Waals surface area contributed by atoms with E-state index in [2.05, 4.69) is 0 Å². The number of fused-ring (bicyclic) bond motifs is 3. The highest BCUT2D eigenvalue weighted by molar-refractivity contribution is 6.32. The largest absolute Gasteiger partial charge is 0.508 e. The number of phenols is 1. The Hall–Kier alpha value is -5.25. The number of benzene rings is 4. The van der Waals surface area contributed by atoms with Crippen LogP contribution in [0.3, 0.4) is 0 Å². The summed E-state index contributed by atoms with van der Waals surface area (Å²) >= 11 is 6.49. The van der Waals surface area contributed by atoms with Crippen molar-refractivity contribution in [3.63, 3.8) is 0 Å². The SMILES string of the molecule is O=C1[C@@H]2[C@@H](CC(COc3ccccc3)=C3[C@@H](CC/C(=C/c4ccc(O)cc4Cl)c4ccccc4)OC[C@@H]32)C(=O)N1c1cccc([N+](=O)[O-])c1. The van der Waals surface area contributed by atoms with Gasteiger partial charge in [-0.2, -0.15) is 0 Å². The van der Waals surface area contributed by atoms with Crippen molar-refractivity contribution in [1.29, 1.82) is 0 Å². The Kier molecular flexibility index (Phi) is 9.03. The molecule has 2 fully saturated rings. The zero-order chi connectivity index (χ0) is 34.1. The van der Waals surface area contributed by atoms with Crippen LogP contribution in [-0.4, -0.2) is 41.2 Å². The predicted octanol–water partition coefficient (Wildman–Crippen LogP) is 7.87. The molecule has 0 saturated carbocycles. The second kappa shape index (κ2) is 13.7. The number of carbonyl (C=O) groups is 2. The average Bonchev–Trinajstić information content (AvgIpc) is 3.65. The van der Waals surface area contributed by atoms with Gasteiger partial charge in [0.05, 0.1) is 40.2 Å². The van der Waals surface area contributed by atoms with E-state index in [0.717, 1.165) is 32.7 Å². The highest BCUT2D eigenvalue weighted by atomic mass is 35.5. The number of amides is 2. The van der Waals surface area contributed by atoms with Crippen LogP contribution >= 0.6 is 11.6 Å². The number of para-hydroxylation sites is 1. The Balaban J connectivity index is 1.21. The lowest BCUT2D eigenvalue weighted by molar-refractivity contribution is -0.384. The number of imide groups is 1. The molecule has 2 saturated heterocycles. The maximum absolute atomic E-state index is 14.1. The lowest BCUT2D eigenvalue weighted by Gasteiger charge is -2.31. The number of hydrogen-bond acceptors (Lipinski definition) is 7. The number of nitro benzene ring substituents is 1. The first-order valence-corrected chi connectivity index (χ1v) is 16.5. The summed E-state index contributed by atoms with van der Waals surface area (Å²) in [6.07, 6.45) is 3.24. The van der Waals surface area contributed by atoms with E-state index >= 15 is 0 Å². The molecular formula is C39H33ClN2O7. The van der Waals surface area contributed by atoms with Gasteiger partial charge in [-0.3, -0.25) is 19.7 Å². The summed E-state index contributed by atoms with van der Waals surface area (Å²) in [4.78, 5) is 40.0. The molecule has 49 heavy (non-hydrogen) atoms. The fourth-order valence-corrected chi connectivity index (χ4v) is 7.58. The maximum Gasteiger partial charge on any atom is 0.271 e. The third kappa shape index (κ3) is 6.47. The van der Waals surface area contributed by atoms with Crippen molar-refractivity contribution < 1.29 is 29.1 Å². The Morgan fingerprint density at radius 1 is 0.959 bits per heavy atom. The van der Waals surface area contributed by atoms with Crippen molar-refractivity contribution in [2.24, 2.45) is 17.8 Å². The molecule has 1 aliphatic carbocycles. The lowest BCUT2D eigenvalue weighted by atomic mass is 9.69. The van der Waals surface area contributed by atoms with E-state index < -0.39 is 16.8 Å². The van der Waals surface area contributed by atoms with Gasteiger partial charge in [-0.25, -0.2) is 4.90 Å². The van der Waals surface area contributed by atoms with Crippen LogP contribution in [0.4, 0.5) is 11.4 Å². The molecule has 0 bridgehead atoms. The molecule has 7 rings (SSSR count). The van der Waals surface area contributed by atoms with Crippen molar-refractivity contribution in [2.45, 2.75) is 25.4 Å². The van der Waals surface area contributed by atoms with Crippen molar-refractivity contribution >= 4 is 46.4 Å². The summed E-state index contributed by atoms with van der Waals surface area (Å²) in [6, 6.07) is 29.9. The molecule has 9 nitrogen and oxygen atoms in total. The number of halogens is 1. The zero-order valence-electron chi connectivity index (χ0n) is 26.4. The molecule has 3 aliphatic rings. The van der Waals surface area contributed by atoms with Gasteiger partial charge in [-0.15, -0.1) is 0 Å². The lowest BCUT2D eigenvalue weighted by Crippen LogP contribution is -2.35. The van der Waals surface area contributed by atoms with Crippen LogP contribution < -0.4 is 9.64 Å². The normalized spacial score (nSPS) is 21.9. The number of anilines is 1. The number of aromatic hydroxyl groups is 1. The van der Waals surface area contributed by atoms with Gasteiger partial charge in [0, 0.05) is 18.1 Å². The predicted molar refractivity (Wildman–Crippen MR) is 186 cm³/mol. The zero-order valence-corrected chi connectivity index (χ0v) is 27.2. The van der Waals surface area contributed by atoms with E-state index in [0.29, 0.717) is 30.0 Å². The number of phenolic OH excluding ortho intramolecular Hbond substituents is 1. The van der Waals surface area contributed by atoms with Crippen LogP contribution in [0.5, 0.6) is 11.5 Å². The van der Waals surface area contributed by atoms with Crippen LogP contribution in [0.1, 0.15) is 30.4 Å². The van der Waals surface area contributed by atoms with E-state index in [4.69, 9.17) is 21.1 Å². The number of non-ortho nitro benzene ring substituents is 1. The number of nitro groups is 1. The molecule has 0 spiro atoms. The van der Waals surface area contributed by atoms with E-state index in [-0.39, 0.29) is 54.2 Å². The molecule has 0 unspecified atom stereocenters. The first-order chi connectivity index (χ1) is 23.8. The fourth-order valence-electron chi connectivity index (χ4n) is 7.35. The molecule has 2 amide bonds. The maximum atomic E-state index is 14.1. The molecule has 2 heterocycles. The highest BCUT2D eigenvalue weighted by Crippen LogP contribution is 2.51. The monoisotopic (exact) mass is 676 g/mol. The Morgan fingerprint density at radius 3 is 2.45 bits per heavy atom. The van der Waals surface area contributed by atoms with E-state index in [1.807, 2.05) is 66.7 Å². The summed E-state index contributed by atoms with van der Waals surface area (Å²) in [7, 11) is 0. The molecule has 1 N–H and O–H groups in total. The van der Waals surface area contributed by atoms with Crippen LogP contribution in [0.25, 0.3) is 11.6 Å². The summed E-state index contributed by atoms with van der Waals surface area (Å²) in [5, 5.41) is 21.8. The number of allylic oxidation sites excluding steroid dienone is 1. The molecule has 2 aliphatic heterocycles. The van der Waals surface area contributed by atoms with Crippen LogP contribution in [0.2, 0.25) is 5.02 Å². The number of nitrogens with zero attached hydrogens (tertiary/aromatic N) is 2. The van der Waals surface area contributed by atoms with E-state index in [1.165, 1.54) is 24.3 Å². The average molecular weight is 677 g/mol. The minimum atomic E-state index is -0.646. The van der Waals surface area contributed by atoms with E-state index in [1.54, 1.807) is 18.2 Å². The summed E-state index contributed by atoms with van der Waals surface area (Å²) in [6.45, 7) is 0.508. The minimum absolute atomic E-state index is 0.0885. The first kappa shape index (κ1) is 32.3. The smallest absolute Gasteiger partial charge is 0.271 e. The number of hydrogen-bond donors (Lipinski definition) is 1. The molecule has 4 aromatic carbocycles. The number of rotatable bonds is 10. The third-order valence-corrected chi connectivity index (χ3v) is 9.92. The number of ether oxygens (including phenoxy) is 2. The minimum Gasteiger partial charge on any atom is -0.508 e. The summed E-state index contributed by atoms with van der Waals surface area (Å²) in [5.74, 6) is -1.57. The highest BCUT2D eigenvalue weighted by Gasteiger charge is 2.57. The van der Waals surface area contributed by atoms with Gasteiger partial charge in [0.1, 0.15) is 18.1 Å². The van der Waals surface area contributed by atoms with Crippen molar-refractivity contribution in [1.82, 2.24) is 0 Å². The number of carbonyl (C=O) groups excluding carboxylic acids is 2. The standard InChI is InChI=1S/C39H33ClN2O7/c40-34-21-30(43)16-14-26(34)18-25(24-8-3-1-4-9-24)15-17-35-36-27(22-48-31-12-5-2-6-13-31)19-32-37(33(36)23-49-35)39(45)41(38(32)44)28-10-7-11-29(20-28)42(46)47/h1-14,16,18,20-21,32-33,35,37,43H,15,17,19,22-23H2/b25-18-/t32-,33+,35-,37-/m1/s1. The fraction of sp³-hybridized carbons (Fsp3) is 0.231. The molecule has 0 aromatic heterocycles. The molecule has 10 heteroatoms. The van der Waals surface area contributed by atoms with Crippen molar-refractivity contribution in [3.05, 3.63) is 141 Å². The van der Waals surface area contributed by atoms with Crippen molar-refractivity contribution in [2.75, 3.05) is 18.1 Å². The molecule has 248 valence electrons. The van der Waals surface area contributed by atoms with Gasteiger partial charge in [0.15, 0.2) is 0 Å². The van der Waals surface area contributed by atoms with Crippen LogP contribution in [-0.2, 0) is 14.3 Å². The van der Waals surface area contributed by atoms with Gasteiger partial charge >= 0.3 is 0 Å². The Morgan fingerprint density at radius 2 is 1.71 bits per heavy atom. The molecule has 0 radical (unpaired) electrons.